The first-order chi connectivity index (χ1) is 8.49. The van der Waals surface area contributed by atoms with Gasteiger partial charge in [0.1, 0.15) is 5.75 Å². The van der Waals surface area contributed by atoms with Gasteiger partial charge in [-0.2, -0.15) is 5.10 Å². The molecule has 1 aromatic carbocycles. The molecule has 0 unspecified atom stereocenters. The first-order valence-electron chi connectivity index (χ1n) is 5.30. The number of H-pyrrole nitrogens is 1. The molecule has 0 saturated heterocycles. The van der Waals surface area contributed by atoms with E-state index >= 15 is 0 Å². The molecule has 6 heteroatoms. The van der Waals surface area contributed by atoms with Crippen LogP contribution in [0.25, 0.3) is 0 Å². The number of amides is 1. The summed E-state index contributed by atoms with van der Waals surface area (Å²) in [6, 6.07) is 4.31. The number of aromatic nitrogens is 2. The minimum absolute atomic E-state index is 0.115. The number of hydrogen-bond donors (Lipinski definition) is 3. The van der Waals surface area contributed by atoms with Gasteiger partial charge in [0, 0.05) is 5.02 Å². The highest BCUT2D eigenvalue weighted by molar-refractivity contribution is 6.31. The Balaban J connectivity index is 2.30. The van der Waals surface area contributed by atoms with Crippen molar-refractivity contribution in [3.63, 3.8) is 0 Å². The fourth-order valence-electron chi connectivity index (χ4n) is 1.61. The van der Waals surface area contributed by atoms with Gasteiger partial charge in [0.25, 0.3) is 5.91 Å². The molecule has 3 N–H and O–H groups in total. The van der Waals surface area contributed by atoms with E-state index in [1.165, 1.54) is 18.2 Å². The number of nitrogens with zero attached hydrogens (tertiary/aromatic N) is 1. The van der Waals surface area contributed by atoms with Gasteiger partial charge >= 0.3 is 0 Å². The predicted molar refractivity (Wildman–Crippen MR) is 69.1 cm³/mol. The number of anilines is 1. The lowest BCUT2D eigenvalue weighted by Crippen LogP contribution is -2.13. The van der Waals surface area contributed by atoms with E-state index in [1.807, 2.05) is 0 Å². The monoisotopic (exact) mass is 265 g/mol. The van der Waals surface area contributed by atoms with Gasteiger partial charge in [0.15, 0.2) is 0 Å². The fourth-order valence-corrected chi connectivity index (χ4v) is 1.78. The van der Waals surface area contributed by atoms with E-state index in [9.17, 15) is 9.90 Å². The van der Waals surface area contributed by atoms with E-state index in [0.29, 0.717) is 16.4 Å². The molecule has 0 spiro atoms. The third kappa shape index (κ3) is 2.31. The Hall–Kier alpha value is -2.01. The van der Waals surface area contributed by atoms with E-state index in [0.717, 1.165) is 5.69 Å². The molecular weight excluding hydrogens is 254 g/mol. The Morgan fingerprint density at radius 2 is 2.17 bits per heavy atom. The Bertz CT molecular complexity index is 588. The normalized spacial score (nSPS) is 10.4. The van der Waals surface area contributed by atoms with Crippen molar-refractivity contribution in [2.75, 3.05) is 5.32 Å². The minimum Gasteiger partial charge on any atom is -0.507 e. The number of hydrogen-bond acceptors (Lipinski definition) is 3. The number of benzene rings is 1. The Morgan fingerprint density at radius 3 is 2.78 bits per heavy atom. The molecule has 0 aliphatic carbocycles. The number of nitrogens with one attached hydrogen (secondary N) is 2. The van der Waals surface area contributed by atoms with Crippen LogP contribution >= 0.6 is 11.6 Å². The topological polar surface area (TPSA) is 78.0 Å². The third-order valence-corrected chi connectivity index (χ3v) is 2.80. The zero-order chi connectivity index (χ0) is 13.3. The van der Waals surface area contributed by atoms with Crippen molar-refractivity contribution in [3.05, 3.63) is 40.2 Å². The summed E-state index contributed by atoms with van der Waals surface area (Å²) < 4.78 is 0. The average Bonchev–Trinajstić information content (AvgIpc) is 2.64. The fraction of sp³-hybridized carbons (Fsp3) is 0.167. The van der Waals surface area contributed by atoms with Crippen molar-refractivity contribution < 1.29 is 9.90 Å². The summed E-state index contributed by atoms with van der Waals surface area (Å²) in [5.74, 6) is -0.543. The molecule has 2 aromatic rings. The molecule has 18 heavy (non-hydrogen) atoms. The third-order valence-electron chi connectivity index (χ3n) is 2.57. The van der Waals surface area contributed by atoms with Crippen LogP contribution in [0.1, 0.15) is 21.7 Å². The number of phenols is 1. The van der Waals surface area contributed by atoms with E-state index in [1.54, 1.807) is 13.8 Å². The van der Waals surface area contributed by atoms with Gasteiger partial charge in [-0.3, -0.25) is 9.89 Å². The predicted octanol–water partition coefficient (Wildman–Crippen LogP) is 2.64. The van der Waals surface area contributed by atoms with Crippen LogP contribution < -0.4 is 5.32 Å². The van der Waals surface area contributed by atoms with E-state index in [2.05, 4.69) is 15.5 Å². The molecule has 0 bridgehead atoms. The Labute approximate surface area is 109 Å². The van der Waals surface area contributed by atoms with Crippen LogP contribution in [0.5, 0.6) is 5.75 Å². The summed E-state index contributed by atoms with van der Waals surface area (Å²) in [4.78, 5) is 12.0. The highest BCUT2D eigenvalue weighted by Gasteiger charge is 2.15. The molecule has 0 aliphatic rings. The van der Waals surface area contributed by atoms with Gasteiger partial charge in [0.2, 0.25) is 0 Å². The summed E-state index contributed by atoms with van der Waals surface area (Å²) >= 11 is 5.80. The average molecular weight is 266 g/mol. The maximum Gasteiger partial charge on any atom is 0.259 e. The second-order valence-electron chi connectivity index (χ2n) is 3.92. The molecule has 0 aliphatic heterocycles. The molecule has 1 aromatic heterocycles. The Morgan fingerprint density at radius 1 is 1.44 bits per heavy atom. The number of aromatic hydroxyl groups is 1. The van der Waals surface area contributed by atoms with E-state index in [-0.39, 0.29) is 11.3 Å². The molecule has 0 radical (unpaired) electrons. The van der Waals surface area contributed by atoms with Crippen molar-refractivity contribution in [1.82, 2.24) is 10.2 Å². The van der Waals surface area contributed by atoms with Crippen LogP contribution in [0.3, 0.4) is 0 Å². The smallest absolute Gasteiger partial charge is 0.259 e. The molecular formula is C12H12ClN3O2. The first kappa shape index (κ1) is 12.4. The zero-order valence-electron chi connectivity index (χ0n) is 9.91. The van der Waals surface area contributed by atoms with Gasteiger partial charge in [-0.05, 0) is 32.0 Å². The van der Waals surface area contributed by atoms with Gasteiger partial charge in [0.05, 0.1) is 22.6 Å². The highest BCUT2D eigenvalue weighted by atomic mass is 35.5. The number of aromatic amines is 1. The lowest BCUT2D eigenvalue weighted by molar-refractivity contribution is 0.102. The molecule has 2 rings (SSSR count). The molecule has 0 atom stereocenters. The Kier molecular flexibility index (Phi) is 3.25. The largest absolute Gasteiger partial charge is 0.507 e. The molecule has 94 valence electrons. The number of carbonyl (C=O) groups is 1. The summed E-state index contributed by atoms with van der Waals surface area (Å²) in [5.41, 5.74) is 2.17. The number of phenolic OH excluding ortho intramolecular Hbond substituents is 1. The highest BCUT2D eigenvalue weighted by Crippen LogP contribution is 2.24. The lowest BCUT2D eigenvalue weighted by Gasteiger charge is -2.07. The molecule has 1 amide bonds. The van der Waals surface area contributed by atoms with Crippen LogP contribution in [0.15, 0.2) is 18.2 Å². The van der Waals surface area contributed by atoms with Crippen molar-refractivity contribution in [2.45, 2.75) is 13.8 Å². The second-order valence-corrected chi connectivity index (χ2v) is 4.36. The van der Waals surface area contributed by atoms with Crippen LogP contribution in [0, 0.1) is 13.8 Å². The number of aryl methyl sites for hydroxylation is 2. The van der Waals surface area contributed by atoms with Gasteiger partial charge in [-0.1, -0.05) is 11.6 Å². The number of rotatable bonds is 2. The van der Waals surface area contributed by atoms with Crippen molar-refractivity contribution in [1.29, 1.82) is 0 Å². The van der Waals surface area contributed by atoms with Crippen molar-refractivity contribution in [3.8, 4) is 5.75 Å². The first-order valence-corrected chi connectivity index (χ1v) is 5.68. The standard InChI is InChI=1S/C12H12ClN3O2/c1-6-11(7(2)16-15-6)14-12(18)9-5-8(13)3-4-10(9)17/h3-5,17H,1-2H3,(H,14,18)(H,15,16). The van der Waals surface area contributed by atoms with Crippen LogP contribution in [0.4, 0.5) is 5.69 Å². The summed E-state index contributed by atoms with van der Waals surface area (Å²) in [6.45, 7) is 3.57. The maximum atomic E-state index is 12.0. The molecule has 5 nitrogen and oxygen atoms in total. The molecule has 0 fully saturated rings. The quantitative estimate of drug-likeness (QED) is 0.781. The summed E-state index contributed by atoms with van der Waals surface area (Å²) in [6.07, 6.45) is 0. The van der Waals surface area contributed by atoms with Crippen LogP contribution in [0.2, 0.25) is 5.02 Å². The molecule has 0 saturated carbocycles. The van der Waals surface area contributed by atoms with Crippen LogP contribution in [-0.2, 0) is 0 Å². The lowest BCUT2D eigenvalue weighted by atomic mass is 10.2. The van der Waals surface area contributed by atoms with Crippen molar-refractivity contribution in [2.24, 2.45) is 0 Å². The van der Waals surface area contributed by atoms with Crippen molar-refractivity contribution >= 4 is 23.2 Å². The van der Waals surface area contributed by atoms with Crippen LogP contribution in [-0.4, -0.2) is 21.2 Å². The summed E-state index contributed by atoms with van der Waals surface area (Å²) in [7, 11) is 0. The SMILES string of the molecule is Cc1n[nH]c(C)c1NC(=O)c1cc(Cl)ccc1O. The zero-order valence-corrected chi connectivity index (χ0v) is 10.7. The van der Waals surface area contributed by atoms with Gasteiger partial charge in [-0.15, -0.1) is 0 Å². The van der Waals surface area contributed by atoms with E-state index < -0.39 is 5.91 Å². The second kappa shape index (κ2) is 4.70. The van der Waals surface area contributed by atoms with Gasteiger partial charge in [-0.25, -0.2) is 0 Å². The minimum atomic E-state index is -0.428. The number of carbonyl (C=O) groups excluding carboxylic acids is 1. The molecule has 1 heterocycles. The maximum absolute atomic E-state index is 12.0. The number of halogens is 1. The van der Waals surface area contributed by atoms with E-state index in [4.69, 9.17) is 11.6 Å². The van der Waals surface area contributed by atoms with Gasteiger partial charge < -0.3 is 10.4 Å². The summed E-state index contributed by atoms with van der Waals surface area (Å²) in [5, 5.41) is 19.4.